The second-order valence-electron chi connectivity index (χ2n) is 4.75. The molecule has 0 aliphatic rings. The number of hydrogen-bond acceptors (Lipinski definition) is 4. The molecule has 0 radical (unpaired) electrons. The summed E-state index contributed by atoms with van der Waals surface area (Å²) in [6, 6.07) is 3.18. The molecule has 0 bridgehead atoms. The summed E-state index contributed by atoms with van der Waals surface area (Å²) in [7, 11) is 0. The Morgan fingerprint density at radius 2 is 1.70 bits per heavy atom. The van der Waals surface area contributed by atoms with Crippen LogP contribution in [0.25, 0.3) is 16.9 Å². The number of pyridine rings is 1. The van der Waals surface area contributed by atoms with Crippen molar-refractivity contribution in [2.24, 2.45) is 0 Å². The third kappa shape index (κ3) is 1.83. The lowest BCUT2D eigenvalue weighted by Gasteiger charge is -2.02. The summed E-state index contributed by atoms with van der Waals surface area (Å²) in [5.74, 6) is 0.274. The zero-order valence-electron chi connectivity index (χ0n) is 11.3. The van der Waals surface area contributed by atoms with Crippen molar-refractivity contribution in [2.75, 3.05) is 0 Å². The van der Waals surface area contributed by atoms with E-state index in [0.717, 1.165) is 11.4 Å². The maximum absolute atomic E-state index is 12.4. The molecule has 7 heteroatoms. The Labute approximate surface area is 113 Å². The van der Waals surface area contributed by atoms with Gasteiger partial charge in [0.2, 0.25) is 5.56 Å². The van der Waals surface area contributed by atoms with E-state index in [2.05, 4.69) is 20.1 Å². The van der Waals surface area contributed by atoms with Crippen LogP contribution in [0.3, 0.4) is 0 Å². The zero-order valence-corrected chi connectivity index (χ0v) is 11.3. The summed E-state index contributed by atoms with van der Waals surface area (Å²) in [4.78, 5) is 35.0. The van der Waals surface area contributed by atoms with Crippen molar-refractivity contribution >= 4 is 10.9 Å². The Balaban J connectivity index is 2.38. The SMILES string of the molecule is Cc1cc(C)nc(-n2[nH]c3cc(=O)[nH]c(C)c3c2=O)n1. The summed E-state index contributed by atoms with van der Waals surface area (Å²) < 4.78 is 1.25. The van der Waals surface area contributed by atoms with Crippen LogP contribution in [0.4, 0.5) is 0 Å². The minimum atomic E-state index is -0.279. The van der Waals surface area contributed by atoms with Crippen LogP contribution in [0.1, 0.15) is 17.1 Å². The van der Waals surface area contributed by atoms with Gasteiger partial charge in [0, 0.05) is 23.1 Å². The fraction of sp³-hybridized carbons (Fsp3) is 0.231. The minimum absolute atomic E-state index is 0.259. The van der Waals surface area contributed by atoms with Gasteiger partial charge in [0.05, 0.1) is 10.9 Å². The summed E-state index contributed by atoms with van der Waals surface area (Å²) >= 11 is 0. The van der Waals surface area contributed by atoms with Crippen LogP contribution >= 0.6 is 0 Å². The van der Waals surface area contributed by atoms with E-state index in [-0.39, 0.29) is 17.1 Å². The van der Waals surface area contributed by atoms with E-state index < -0.39 is 0 Å². The van der Waals surface area contributed by atoms with Gasteiger partial charge in [-0.1, -0.05) is 0 Å². The molecule has 0 fully saturated rings. The molecule has 0 aromatic carbocycles. The van der Waals surface area contributed by atoms with Gasteiger partial charge < -0.3 is 4.98 Å². The largest absolute Gasteiger partial charge is 0.326 e. The van der Waals surface area contributed by atoms with Crippen LogP contribution in [-0.2, 0) is 0 Å². The van der Waals surface area contributed by atoms with Gasteiger partial charge in [0.1, 0.15) is 0 Å². The predicted molar refractivity (Wildman–Crippen MR) is 74.3 cm³/mol. The van der Waals surface area contributed by atoms with E-state index in [9.17, 15) is 9.59 Å². The van der Waals surface area contributed by atoms with Gasteiger partial charge in [-0.05, 0) is 26.8 Å². The number of hydrogen-bond donors (Lipinski definition) is 2. The Morgan fingerprint density at radius 3 is 2.35 bits per heavy atom. The lowest BCUT2D eigenvalue weighted by atomic mass is 10.2. The highest BCUT2D eigenvalue weighted by atomic mass is 16.1. The van der Waals surface area contributed by atoms with Gasteiger partial charge in [-0.3, -0.25) is 14.7 Å². The molecule has 0 saturated heterocycles. The fourth-order valence-corrected chi connectivity index (χ4v) is 2.28. The van der Waals surface area contributed by atoms with Crippen LogP contribution in [0, 0.1) is 20.8 Å². The van der Waals surface area contributed by atoms with Crippen LogP contribution < -0.4 is 11.1 Å². The van der Waals surface area contributed by atoms with Crippen molar-refractivity contribution in [1.29, 1.82) is 0 Å². The smallest absolute Gasteiger partial charge is 0.283 e. The number of aromatic nitrogens is 5. The van der Waals surface area contributed by atoms with Gasteiger partial charge in [-0.2, -0.15) is 4.68 Å². The first-order valence-corrected chi connectivity index (χ1v) is 6.13. The highest BCUT2D eigenvalue weighted by Gasteiger charge is 2.13. The summed E-state index contributed by atoms with van der Waals surface area (Å²) in [5.41, 5.74) is 2.00. The molecule has 0 saturated carbocycles. The van der Waals surface area contributed by atoms with Gasteiger partial charge in [-0.15, -0.1) is 0 Å². The average molecular weight is 271 g/mol. The molecule has 2 N–H and O–H groups in total. The molecule has 3 aromatic heterocycles. The topological polar surface area (TPSA) is 96.4 Å². The predicted octanol–water partition coefficient (Wildman–Crippen LogP) is 0.722. The number of rotatable bonds is 1. The molecule has 7 nitrogen and oxygen atoms in total. The summed E-state index contributed by atoms with van der Waals surface area (Å²) in [5, 5.41) is 3.31. The number of aromatic amines is 2. The molecule has 0 atom stereocenters. The lowest BCUT2D eigenvalue weighted by molar-refractivity contribution is 0.780. The normalized spacial score (nSPS) is 11.2. The van der Waals surface area contributed by atoms with Crippen molar-refractivity contribution in [3.63, 3.8) is 0 Å². The van der Waals surface area contributed by atoms with E-state index in [1.165, 1.54) is 10.7 Å². The Hall–Kier alpha value is -2.70. The molecule has 0 amide bonds. The quantitative estimate of drug-likeness (QED) is 0.681. The third-order valence-electron chi connectivity index (χ3n) is 3.05. The van der Waals surface area contributed by atoms with Gasteiger partial charge in [-0.25, -0.2) is 9.97 Å². The molecule has 102 valence electrons. The van der Waals surface area contributed by atoms with Crippen molar-refractivity contribution in [2.45, 2.75) is 20.8 Å². The Bertz CT molecular complexity index is 912. The van der Waals surface area contributed by atoms with Gasteiger partial charge in [0.25, 0.3) is 11.5 Å². The number of H-pyrrole nitrogens is 2. The molecule has 20 heavy (non-hydrogen) atoms. The van der Waals surface area contributed by atoms with Crippen LogP contribution in [0.5, 0.6) is 0 Å². The third-order valence-corrected chi connectivity index (χ3v) is 3.05. The second-order valence-corrected chi connectivity index (χ2v) is 4.75. The molecular formula is C13H13N5O2. The van der Waals surface area contributed by atoms with Crippen molar-refractivity contribution in [1.82, 2.24) is 24.7 Å². The molecule has 3 aromatic rings. The summed E-state index contributed by atoms with van der Waals surface area (Å²) in [6.07, 6.45) is 0. The van der Waals surface area contributed by atoms with Gasteiger partial charge >= 0.3 is 0 Å². The Kier molecular flexibility index (Phi) is 2.56. The number of aryl methyl sites for hydroxylation is 3. The standard InChI is InChI=1S/C13H13N5O2/c1-6-4-7(2)15-13(14-6)18-12(20)11-8(3)16-10(19)5-9(11)17-18/h4-5,17H,1-3H3,(H,16,19). The van der Waals surface area contributed by atoms with Crippen molar-refractivity contribution in [3.8, 4) is 5.95 Å². The highest BCUT2D eigenvalue weighted by Crippen LogP contribution is 2.10. The molecule has 0 aliphatic heterocycles. The first-order valence-electron chi connectivity index (χ1n) is 6.13. The van der Waals surface area contributed by atoms with E-state index in [1.54, 1.807) is 6.92 Å². The number of fused-ring (bicyclic) bond motifs is 1. The van der Waals surface area contributed by atoms with Crippen LogP contribution in [0.2, 0.25) is 0 Å². The molecule has 3 heterocycles. The van der Waals surface area contributed by atoms with E-state index in [4.69, 9.17) is 0 Å². The van der Waals surface area contributed by atoms with Crippen molar-refractivity contribution in [3.05, 3.63) is 49.9 Å². The highest BCUT2D eigenvalue weighted by molar-refractivity contribution is 5.80. The maximum Gasteiger partial charge on any atom is 0.283 e. The maximum atomic E-state index is 12.4. The van der Waals surface area contributed by atoms with Crippen LogP contribution in [-0.4, -0.2) is 24.7 Å². The average Bonchev–Trinajstić information content (AvgIpc) is 2.65. The fourth-order valence-electron chi connectivity index (χ4n) is 2.28. The lowest BCUT2D eigenvalue weighted by Crippen LogP contribution is -2.18. The number of nitrogens with one attached hydrogen (secondary N) is 2. The Morgan fingerprint density at radius 1 is 1.05 bits per heavy atom. The monoisotopic (exact) mass is 271 g/mol. The first-order chi connectivity index (χ1) is 9.45. The molecular weight excluding hydrogens is 258 g/mol. The molecule has 0 aliphatic carbocycles. The minimum Gasteiger partial charge on any atom is -0.326 e. The van der Waals surface area contributed by atoms with E-state index >= 15 is 0 Å². The van der Waals surface area contributed by atoms with E-state index in [1.807, 2.05) is 19.9 Å². The molecule has 0 unspecified atom stereocenters. The zero-order chi connectivity index (χ0) is 14.4. The van der Waals surface area contributed by atoms with E-state index in [0.29, 0.717) is 16.6 Å². The van der Waals surface area contributed by atoms with Crippen LogP contribution in [0.15, 0.2) is 21.7 Å². The second kappa shape index (κ2) is 4.16. The van der Waals surface area contributed by atoms with Crippen molar-refractivity contribution < 1.29 is 0 Å². The first kappa shape index (κ1) is 12.3. The molecule has 3 rings (SSSR count). The van der Waals surface area contributed by atoms with Gasteiger partial charge in [0.15, 0.2) is 0 Å². The number of nitrogens with zero attached hydrogens (tertiary/aromatic N) is 3. The molecule has 0 spiro atoms. The summed E-state index contributed by atoms with van der Waals surface area (Å²) in [6.45, 7) is 5.35.